The fourth-order valence-electron chi connectivity index (χ4n) is 4.85. The van der Waals surface area contributed by atoms with Crippen molar-refractivity contribution < 1.29 is 19.4 Å². The van der Waals surface area contributed by atoms with E-state index in [1.165, 1.54) is 0 Å². The topological polar surface area (TPSA) is 55.8 Å². The molecule has 1 aromatic carbocycles. The Morgan fingerprint density at radius 2 is 1.93 bits per heavy atom. The molecule has 1 N–H and O–H groups in total. The van der Waals surface area contributed by atoms with Gasteiger partial charge in [-0.05, 0) is 60.4 Å². The molecular weight excluding hydrogens is 340 g/mol. The third-order valence-electron chi connectivity index (χ3n) is 6.68. The third kappa shape index (κ3) is 3.70. The minimum atomic E-state index is -0.555. The predicted octanol–water partition coefficient (Wildman–Crippen LogP) is 4.30. The summed E-state index contributed by atoms with van der Waals surface area (Å²) in [5.41, 5.74) is 2.44. The molecular formula is C23H32O4. The number of Topliss-reactive ketones (excluding diaryl/α,β-unsaturated/α-hetero) is 1. The molecule has 1 aromatic rings. The third-order valence-corrected chi connectivity index (χ3v) is 6.68. The first-order valence-corrected chi connectivity index (χ1v) is 9.95. The smallest absolute Gasteiger partial charge is 0.161 e. The van der Waals surface area contributed by atoms with Crippen LogP contribution in [0, 0.1) is 17.3 Å². The van der Waals surface area contributed by atoms with Crippen molar-refractivity contribution in [3.8, 4) is 5.75 Å². The van der Waals surface area contributed by atoms with Crippen LogP contribution in [0.1, 0.15) is 52.5 Å². The van der Waals surface area contributed by atoms with Gasteiger partial charge in [0.2, 0.25) is 0 Å². The zero-order chi connectivity index (χ0) is 19.8. The van der Waals surface area contributed by atoms with E-state index >= 15 is 0 Å². The average Bonchev–Trinajstić information content (AvgIpc) is 2.64. The molecule has 27 heavy (non-hydrogen) atoms. The summed E-state index contributed by atoms with van der Waals surface area (Å²) < 4.78 is 11.5. The van der Waals surface area contributed by atoms with Crippen molar-refractivity contribution in [3.63, 3.8) is 0 Å². The summed E-state index contributed by atoms with van der Waals surface area (Å²) in [5, 5.41) is 11.1. The van der Waals surface area contributed by atoms with Crippen molar-refractivity contribution in [3.05, 3.63) is 41.0 Å². The number of carbonyl (C=O) groups excluding carboxylic acids is 1. The lowest BCUT2D eigenvalue weighted by Gasteiger charge is -2.51. The molecule has 4 atom stereocenters. The first kappa shape index (κ1) is 20.1. The molecule has 0 bridgehead atoms. The standard InChI is InChI=1S/C23H32O4/c1-14(2)18-10-11-23(4)20(12-19(24)15(3)21(23)22(18)25)27-13-16-6-8-17(26-5)9-7-16/h6-9,14,18,20,22,25H,10-13H2,1-5H3/t18-,20-,22-,23+/m0/s1. The van der Waals surface area contributed by atoms with Crippen LogP contribution in [-0.4, -0.2) is 30.2 Å². The van der Waals surface area contributed by atoms with Crippen LogP contribution in [0.5, 0.6) is 5.75 Å². The van der Waals surface area contributed by atoms with Crippen molar-refractivity contribution >= 4 is 5.78 Å². The van der Waals surface area contributed by atoms with Crippen molar-refractivity contribution in [2.24, 2.45) is 17.3 Å². The van der Waals surface area contributed by atoms with E-state index < -0.39 is 6.10 Å². The van der Waals surface area contributed by atoms with Gasteiger partial charge < -0.3 is 14.6 Å². The number of fused-ring (bicyclic) bond motifs is 1. The van der Waals surface area contributed by atoms with Gasteiger partial charge in [-0.25, -0.2) is 0 Å². The molecule has 148 valence electrons. The average molecular weight is 373 g/mol. The van der Waals surface area contributed by atoms with Crippen LogP contribution >= 0.6 is 0 Å². The monoisotopic (exact) mass is 372 g/mol. The summed E-state index contributed by atoms with van der Waals surface area (Å²) in [6, 6.07) is 7.80. The molecule has 0 spiro atoms. The van der Waals surface area contributed by atoms with Crippen LogP contribution in [-0.2, 0) is 16.1 Å². The van der Waals surface area contributed by atoms with Crippen LogP contribution in [0.4, 0.5) is 0 Å². The lowest BCUT2D eigenvalue weighted by molar-refractivity contribution is -0.127. The molecule has 3 rings (SSSR count). The molecule has 0 amide bonds. The lowest BCUT2D eigenvalue weighted by atomic mass is 9.57. The highest BCUT2D eigenvalue weighted by Gasteiger charge is 2.51. The maximum Gasteiger partial charge on any atom is 0.161 e. The molecule has 0 unspecified atom stereocenters. The van der Waals surface area contributed by atoms with Gasteiger partial charge in [0.1, 0.15) is 5.75 Å². The Hall–Kier alpha value is -1.65. The summed E-state index contributed by atoms with van der Waals surface area (Å²) in [6.07, 6.45) is 1.54. The van der Waals surface area contributed by atoms with E-state index in [1.54, 1.807) is 7.11 Å². The van der Waals surface area contributed by atoms with Crippen molar-refractivity contribution in [2.45, 2.75) is 65.8 Å². The first-order valence-electron chi connectivity index (χ1n) is 9.95. The highest BCUT2D eigenvalue weighted by Crippen LogP contribution is 2.52. The number of hydrogen-bond donors (Lipinski definition) is 1. The Morgan fingerprint density at radius 3 is 2.52 bits per heavy atom. The number of rotatable bonds is 5. The second kappa shape index (κ2) is 7.76. The molecule has 0 heterocycles. The molecule has 0 radical (unpaired) electrons. The molecule has 1 saturated carbocycles. The second-order valence-electron chi connectivity index (χ2n) is 8.62. The van der Waals surface area contributed by atoms with Gasteiger partial charge in [-0.3, -0.25) is 4.79 Å². The SMILES string of the molecule is COc1ccc(CO[C@H]2CC(=O)C(C)=C3[C@@H](O)[C@H](C(C)C)CC[C@@]32C)cc1. The number of hydrogen-bond acceptors (Lipinski definition) is 4. The van der Waals surface area contributed by atoms with Gasteiger partial charge in [0.25, 0.3) is 0 Å². The Kier molecular flexibility index (Phi) is 5.78. The minimum Gasteiger partial charge on any atom is -0.497 e. The maximum atomic E-state index is 12.7. The lowest BCUT2D eigenvalue weighted by Crippen LogP contribution is -2.51. The van der Waals surface area contributed by atoms with Crippen molar-refractivity contribution in [1.82, 2.24) is 0 Å². The number of carbonyl (C=O) groups is 1. The van der Waals surface area contributed by atoms with Gasteiger partial charge in [0.05, 0.1) is 25.9 Å². The van der Waals surface area contributed by atoms with Gasteiger partial charge in [0.15, 0.2) is 5.78 Å². The van der Waals surface area contributed by atoms with E-state index in [0.717, 1.165) is 35.3 Å². The van der Waals surface area contributed by atoms with Crippen molar-refractivity contribution in [1.29, 1.82) is 0 Å². The van der Waals surface area contributed by atoms with E-state index in [0.29, 0.717) is 18.9 Å². The molecule has 2 aliphatic rings. The highest BCUT2D eigenvalue weighted by atomic mass is 16.5. The predicted molar refractivity (Wildman–Crippen MR) is 106 cm³/mol. The van der Waals surface area contributed by atoms with E-state index in [-0.39, 0.29) is 23.2 Å². The van der Waals surface area contributed by atoms with Gasteiger partial charge in [-0.1, -0.05) is 32.9 Å². The summed E-state index contributed by atoms with van der Waals surface area (Å²) in [6.45, 7) is 8.79. The van der Waals surface area contributed by atoms with Crippen LogP contribution in [0.3, 0.4) is 0 Å². The summed E-state index contributed by atoms with van der Waals surface area (Å²) in [7, 11) is 1.65. The van der Waals surface area contributed by atoms with Crippen LogP contribution in [0.15, 0.2) is 35.4 Å². The second-order valence-corrected chi connectivity index (χ2v) is 8.62. The van der Waals surface area contributed by atoms with E-state index in [4.69, 9.17) is 9.47 Å². The number of ketones is 1. The quantitative estimate of drug-likeness (QED) is 0.837. The Bertz CT molecular complexity index is 718. The number of benzene rings is 1. The largest absolute Gasteiger partial charge is 0.497 e. The summed E-state index contributed by atoms with van der Waals surface area (Å²) >= 11 is 0. The molecule has 1 fully saturated rings. The van der Waals surface area contributed by atoms with Crippen molar-refractivity contribution in [2.75, 3.05) is 7.11 Å². The molecule has 2 aliphatic carbocycles. The Labute approximate surface area is 162 Å². The van der Waals surface area contributed by atoms with Gasteiger partial charge in [0, 0.05) is 11.8 Å². The van der Waals surface area contributed by atoms with Crippen LogP contribution < -0.4 is 4.74 Å². The molecule has 4 nitrogen and oxygen atoms in total. The Balaban J connectivity index is 1.82. The first-order chi connectivity index (χ1) is 12.8. The number of allylic oxidation sites excluding steroid dienone is 1. The number of aliphatic hydroxyl groups is 1. The molecule has 0 saturated heterocycles. The van der Waals surface area contributed by atoms with E-state index in [9.17, 15) is 9.90 Å². The molecule has 4 heteroatoms. The molecule has 0 aliphatic heterocycles. The number of aliphatic hydroxyl groups excluding tert-OH is 1. The van der Waals surface area contributed by atoms with Gasteiger partial charge in [-0.2, -0.15) is 0 Å². The van der Waals surface area contributed by atoms with E-state index in [1.807, 2.05) is 31.2 Å². The maximum absolute atomic E-state index is 12.7. The van der Waals surface area contributed by atoms with E-state index in [2.05, 4.69) is 20.8 Å². The normalized spacial score (nSPS) is 31.2. The highest BCUT2D eigenvalue weighted by molar-refractivity contribution is 5.97. The van der Waals surface area contributed by atoms with Gasteiger partial charge >= 0.3 is 0 Å². The molecule has 0 aromatic heterocycles. The fourth-order valence-corrected chi connectivity index (χ4v) is 4.85. The Morgan fingerprint density at radius 1 is 1.26 bits per heavy atom. The number of methoxy groups -OCH3 is 1. The fraction of sp³-hybridized carbons (Fsp3) is 0.609. The summed E-state index contributed by atoms with van der Waals surface area (Å²) in [4.78, 5) is 12.7. The van der Waals surface area contributed by atoms with Crippen LogP contribution in [0.25, 0.3) is 0 Å². The zero-order valence-corrected chi connectivity index (χ0v) is 17.1. The zero-order valence-electron chi connectivity index (χ0n) is 17.1. The minimum absolute atomic E-state index is 0.102. The summed E-state index contributed by atoms with van der Waals surface area (Å²) in [5.74, 6) is 1.51. The number of ether oxygens (including phenoxy) is 2. The van der Waals surface area contributed by atoms with Crippen LogP contribution in [0.2, 0.25) is 0 Å². The van der Waals surface area contributed by atoms with Gasteiger partial charge in [-0.15, -0.1) is 0 Å².